The number of nitrogens with one attached hydrogen (secondary N) is 1. The molecule has 3 heterocycles. The molecule has 0 bridgehead atoms. The third-order valence-corrected chi connectivity index (χ3v) is 5.72. The molecule has 1 aromatic carbocycles. The Balaban J connectivity index is 1.53. The summed E-state index contributed by atoms with van der Waals surface area (Å²) in [5.74, 6) is 0.297. The number of piperidine rings is 1. The summed E-state index contributed by atoms with van der Waals surface area (Å²) >= 11 is 5.27. The molecule has 1 amide bonds. The van der Waals surface area contributed by atoms with Crippen molar-refractivity contribution in [1.82, 2.24) is 14.5 Å². The fraction of sp³-hybridized carbons (Fsp3) is 0.450. The number of rotatable bonds is 4. The minimum atomic E-state index is -0.185. The molecule has 148 valence electrons. The van der Waals surface area contributed by atoms with Crippen LogP contribution in [-0.2, 0) is 16.0 Å². The molecule has 8 heteroatoms. The van der Waals surface area contributed by atoms with Crippen LogP contribution in [0.5, 0.6) is 0 Å². The zero-order chi connectivity index (χ0) is 19.7. The quantitative estimate of drug-likeness (QED) is 0.629. The van der Waals surface area contributed by atoms with E-state index >= 15 is 0 Å². The van der Waals surface area contributed by atoms with Crippen LogP contribution in [0.3, 0.4) is 0 Å². The first kappa shape index (κ1) is 19.0. The average Bonchev–Trinajstić information content (AvgIpc) is 3.25. The van der Waals surface area contributed by atoms with Gasteiger partial charge < -0.3 is 19.4 Å². The summed E-state index contributed by atoms with van der Waals surface area (Å²) in [6.07, 6.45) is 3.22. The molecule has 2 fully saturated rings. The molecule has 0 spiro atoms. The predicted molar refractivity (Wildman–Crippen MR) is 108 cm³/mol. The summed E-state index contributed by atoms with van der Waals surface area (Å²) < 4.78 is 13.0. The highest BCUT2D eigenvalue weighted by molar-refractivity contribution is 7.71. The molecular weight excluding hydrogens is 378 g/mol. The Labute approximate surface area is 167 Å². The summed E-state index contributed by atoms with van der Waals surface area (Å²) in [6, 6.07) is 5.10. The summed E-state index contributed by atoms with van der Waals surface area (Å²) in [7, 11) is 0. The van der Waals surface area contributed by atoms with E-state index in [4.69, 9.17) is 21.7 Å². The van der Waals surface area contributed by atoms with E-state index in [1.807, 2.05) is 4.90 Å². The van der Waals surface area contributed by atoms with Crippen molar-refractivity contribution in [3.8, 4) is 0 Å². The van der Waals surface area contributed by atoms with Gasteiger partial charge in [-0.15, -0.1) is 6.58 Å². The van der Waals surface area contributed by atoms with E-state index in [9.17, 15) is 9.59 Å². The minimum Gasteiger partial charge on any atom is -0.350 e. The van der Waals surface area contributed by atoms with Gasteiger partial charge in [0.05, 0.1) is 24.1 Å². The molecule has 1 aromatic heterocycles. The van der Waals surface area contributed by atoms with Gasteiger partial charge in [0.15, 0.2) is 11.1 Å². The van der Waals surface area contributed by atoms with Gasteiger partial charge >= 0.3 is 0 Å². The number of aromatic nitrogens is 2. The fourth-order valence-corrected chi connectivity index (χ4v) is 4.16. The van der Waals surface area contributed by atoms with Crippen LogP contribution in [0, 0.1) is 10.7 Å². The number of ether oxygens (including phenoxy) is 2. The van der Waals surface area contributed by atoms with Crippen molar-refractivity contribution in [2.75, 3.05) is 26.3 Å². The molecule has 0 unspecified atom stereocenters. The summed E-state index contributed by atoms with van der Waals surface area (Å²) in [5.41, 5.74) is 0.935. The summed E-state index contributed by atoms with van der Waals surface area (Å²) in [6.45, 7) is 6.63. The van der Waals surface area contributed by atoms with E-state index in [-0.39, 0.29) is 17.8 Å². The number of carbonyl (C=O) groups excluding carboxylic acids is 1. The zero-order valence-corrected chi connectivity index (χ0v) is 16.4. The smallest absolute Gasteiger partial charge is 0.262 e. The zero-order valence-electron chi connectivity index (χ0n) is 15.6. The van der Waals surface area contributed by atoms with Gasteiger partial charge in [-0.1, -0.05) is 6.08 Å². The SMILES string of the molecule is C=CCn1c(=S)[nH]c2cc(C(=O)N3CCC(C4OCCO4)CC3)ccc2c1=O. The Morgan fingerprint density at radius 2 is 2.00 bits per heavy atom. The maximum atomic E-state index is 12.9. The lowest BCUT2D eigenvalue weighted by Gasteiger charge is -2.33. The normalized spacial score (nSPS) is 18.6. The van der Waals surface area contributed by atoms with Crippen molar-refractivity contribution in [2.45, 2.75) is 25.7 Å². The van der Waals surface area contributed by atoms with E-state index < -0.39 is 0 Å². The van der Waals surface area contributed by atoms with E-state index in [1.54, 1.807) is 24.3 Å². The first-order valence-corrected chi connectivity index (χ1v) is 9.89. The minimum absolute atomic E-state index is 0.0387. The highest BCUT2D eigenvalue weighted by Gasteiger charge is 2.32. The largest absolute Gasteiger partial charge is 0.350 e. The van der Waals surface area contributed by atoms with Crippen molar-refractivity contribution in [3.05, 3.63) is 51.5 Å². The van der Waals surface area contributed by atoms with Crippen LogP contribution in [-0.4, -0.2) is 53.0 Å². The highest BCUT2D eigenvalue weighted by Crippen LogP contribution is 2.26. The van der Waals surface area contributed by atoms with E-state index in [1.165, 1.54) is 4.57 Å². The lowest BCUT2D eigenvalue weighted by Crippen LogP contribution is -2.41. The Hall–Kier alpha value is -2.29. The third-order valence-electron chi connectivity index (χ3n) is 5.40. The molecule has 1 N–H and O–H groups in total. The number of benzene rings is 1. The molecule has 2 saturated heterocycles. The van der Waals surface area contributed by atoms with Crippen LogP contribution in [0.15, 0.2) is 35.6 Å². The summed E-state index contributed by atoms with van der Waals surface area (Å²) in [5, 5.41) is 0.501. The molecule has 7 nitrogen and oxygen atoms in total. The van der Waals surface area contributed by atoms with Gasteiger partial charge in [-0.3, -0.25) is 14.2 Å². The van der Waals surface area contributed by atoms with Gasteiger partial charge in [0.2, 0.25) is 0 Å². The van der Waals surface area contributed by atoms with Gasteiger partial charge in [0.1, 0.15) is 0 Å². The number of aromatic amines is 1. The monoisotopic (exact) mass is 401 g/mol. The number of allylic oxidation sites excluding steroid dienone is 1. The standard InChI is InChI=1S/C20H23N3O4S/c1-2-7-23-18(25)15-4-3-14(12-16(15)21-20(23)28)17(24)22-8-5-13(6-9-22)19-26-10-11-27-19/h2-4,12-13,19H,1,5-11H2,(H,21,28). The van der Waals surface area contributed by atoms with Gasteiger partial charge in [0, 0.05) is 31.1 Å². The second-order valence-electron chi connectivity index (χ2n) is 7.13. The molecule has 28 heavy (non-hydrogen) atoms. The Morgan fingerprint density at radius 3 is 2.68 bits per heavy atom. The maximum Gasteiger partial charge on any atom is 0.262 e. The summed E-state index contributed by atoms with van der Waals surface area (Å²) in [4.78, 5) is 30.4. The van der Waals surface area contributed by atoms with Crippen LogP contribution >= 0.6 is 12.2 Å². The number of carbonyl (C=O) groups is 1. The van der Waals surface area contributed by atoms with Crippen LogP contribution in [0.25, 0.3) is 10.9 Å². The van der Waals surface area contributed by atoms with Crippen molar-refractivity contribution in [3.63, 3.8) is 0 Å². The van der Waals surface area contributed by atoms with E-state index in [2.05, 4.69) is 11.6 Å². The van der Waals surface area contributed by atoms with Gasteiger partial charge in [0.25, 0.3) is 11.5 Å². The molecular formula is C20H23N3O4S. The van der Waals surface area contributed by atoms with Gasteiger partial charge in [-0.2, -0.15) is 0 Å². The molecule has 2 aliphatic rings. The second-order valence-corrected chi connectivity index (χ2v) is 7.52. The highest BCUT2D eigenvalue weighted by atomic mass is 32.1. The second kappa shape index (κ2) is 7.98. The Bertz CT molecular complexity index is 1010. The van der Waals surface area contributed by atoms with Crippen LogP contribution < -0.4 is 5.56 Å². The number of amides is 1. The Morgan fingerprint density at radius 1 is 1.29 bits per heavy atom. The van der Waals surface area contributed by atoms with E-state index in [0.717, 1.165) is 12.8 Å². The average molecular weight is 401 g/mol. The number of hydrogen-bond acceptors (Lipinski definition) is 5. The molecule has 0 atom stereocenters. The molecule has 2 aliphatic heterocycles. The van der Waals surface area contributed by atoms with Crippen molar-refractivity contribution < 1.29 is 14.3 Å². The topological polar surface area (TPSA) is 76.6 Å². The molecule has 0 saturated carbocycles. The molecule has 2 aromatic rings. The van der Waals surface area contributed by atoms with Crippen LogP contribution in [0.4, 0.5) is 0 Å². The van der Waals surface area contributed by atoms with Gasteiger partial charge in [-0.25, -0.2) is 0 Å². The molecule has 0 radical (unpaired) electrons. The number of fused-ring (bicyclic) bond motifs is 1. The first-order chi connectivity index (χ1) is 13.6. The van der Waals surface area contributed by atoms with Crippen molar-refractivity contribution in [1.29, 1.82) is 0 Å². The van der Waals surface area contributed by atoms with Crippen molar-refractivity contribution in [2.24, 2.45) is 5.92 Å². The predicted octanol–water partition coefficient (Wildman–Crippen LogP) is 2.47. The molecule has 4 rings (SSSR count). The first-order valence-electron chi connectivity index (χ1n) is 9.48. The lowest BCUT2D eigenvalue weighted by atomic mass is 9.95. The van der Waals surface area contributed by atoms with Crippen molar-refractivity contribution >= 4 is 29.0 Å². The van der Waals surface area contributed by atoms with Gasteiger partial charge in [-0.05, 0) is 43.3 Å². The van der Waals surface area contributed by atoms with Crippen LogP contribution in [0.1, 0.15) is 23.2 Å². The third kappa shape index (κ3) is 3.55. The number of likely N-dealkylation sites (tertiary alicyclic amines) is 1. The fourth-order valence-electron chi connectivity index (χ4n) is 3.89. The molecule has 0 aliphatic carbocycles. The number of hydrogen-bond donors (Lipinski definition) is 1. The maximum absolute atomic E-state index is 12.9. The van der Waals surface area contributed by atoms with E-state index in [0.29, 0.717) is 60.0 Å². The number of nitrogens with zero attached hydrogens (tertiary/aromatic N) is 2. The lowest BCUT2D eigenvalue weighted by molar-refractivity contribution is -0.0956. The van der Waals surface area contributed by atoms with Crippen LogP contribution in [0.2, 0.25) is 0 Å². The number of H-pyrrole nitrogens is 1. The Kier molecular flexibility index (Phi) is 5.43.